The van der Waals surface area contributed by atoms with Crippen LogP contribution in [0, 0.1) is 0 Å². The van der Waals surface area contributed by atoms with Crippen molar-refractivity contribution in [1.82, 2.24) is 14.8 Å². The molecular formula is C26H27N3O4. The summed E-state index contributed by atoms with van der Waals surface area (Å²) in [7, 11) is 1.35. The van der Waals surface area contributed by atoms with Gasteiger partial charge in [0, 0.05) is 60.3 Å². The van der Waals surface area contributed by atoms with Gasteiger partial charge in [-0.05, 0) is 24.2 Å². The maximum Gasteiger partial charge on any atom is 0.341 e. The van der Waals surface area contributed by atoms with Gasteiger partial charge in [0.1, 0.15) is 23.2 Å². The van der Waals surface area contributed by atoms with Gasteiger partial charge in [-0.25, -0.2) is 4.79 Å². The normalized spacial score (nSPS) is 16.3. The molecule has 33 heavy (non-hydrogen) atoms. The highest BCUT2D eigenvalue weighted by Gasteiger charge is 2.33. The lowest BCUT2D eigenvalue weighted by molar-refractivity contribution is 0.0601. The molecule has 1 aliphatic heterocycles. The van der Waals surface area contributed by atoms with E-state index in [1.165, 1.54) is 13.4 Å². The zero-order chi connectivity index (χ0) is 22.9. The van der Waals surface area contributed by atoms with Gasteiger partial charge in [-0.15, -0.1) is 0 Å². The fourth-order valence-electron chi connectivity index (χ4n) is 4.94. The highest BCUT2D eigenvalue weighted by molar-refractivity contribution is 6.16. The van der Waals surface area contributed by atoms with Crippen LogP contribution in [0.25, 0.3) is 21.7 Å². The van der Waals surface area contributed by atoms with Crippen LogP contribution in [0.5, 0.6) is 5.75 Å². The van der Waals surface area contributed by atoms with E-state index >= 15 is 0 Å². The highest BCUT2D eigenvalue weighted by atomic mass is 16.5. The third-order valence-electron chi connectivity index (χ3n) is 6.66. The van der Waals surface area contributed by atoms with E-state index in [0.717, 1.165) is 43.7 Å². The molecule has 1 fully saturated rings. The molecule has 1 atom stereocenters. The fourth-order valence-corrected chi connectivity index (χ4v) is 4.94. The van der Waals surface area contributed by atoms with Gasteiger partial charge in [0.2, 0.25) is 0 Å². The monoisotopic (exact) mass is 445 g/mol. The molecule has 2 aromatic carbocycles. The summed E-state index contributed by atoms with van der Waals surface area (Å²) >= 11 is 0. The molecule has 1 saturated heterocycles. The van der Waals surface area contributed by atoms with Gasteiger partial charge in [0.15, 0.2) is 0 Å². The van der Waals surface area contributed by atoms with Gasteiger partial charge in [0.05, 0.1) is 13.2 Å². The van der Waals surface area contributed by atoms with E-state index in [1.807, 2.05) is 36.4 Å². The number of rotatable bonds is 5. The molecule has 170 valence electrons. The second kappa shape index (κ2) is 8.84. The number of benzene rings is 2. The Balaban J connectivity index is 1.81. The van der Waals surface area contributed by atoms with Gasteiger partial charge in [-0.2, -0.15) is 0 Å². The molecule has 3 heterocycles. The summed E-state index contributed by atoms with van der Waals surface area (Å²) in [6, 6.07) is 11.2. The predicted molar refractivity (Wildman–Crippen MR) is 126 cm³/mol. The van der Waals surface area contributed by atoms with E-state index in [9.17, 15) is 9.90 Å². The molecule has 0 saturated carbocycles. The van der Waals surface area contributed by atoms with Crippen LogP contribution in [0.2, 0.25) is 0 Å². The van der Waals surface area contributed by atoms with Crippen molar-refractivity contribution in [2.75, 3.05) is 39.8 Å². The molecule has 1 aliphatic rings. The first-order valence-corrected chi connectivity index (χ1v) is 11.2. The van der Waals surface area contributed by atoms with Crippen molar-refractivity contribution in [3.8, 4) is 5.75 Å². The number of phenolic OH excluding ortho intramolecular Hbond substituents is 1. The van der Waals surface area contributed by atoms with Crippen LogP contribution in [-0.2, 0) is 4.74 Å². The smallest absolute Gasteiger partial charge is 0.341 e. The molecule has 7 nitrogen and oxygen atoms in total. The molecule has 0 spiro atoms. The van der Waals surface area contributed by atoms with Crippen LogP contribution in [0.3, 0.4) is 0 Å². The number of piperazine rings is 1. The molecule has 2 aromatic heterocycles. The standard InChI is InChI=1S/C26H27N3O4/c1-3-28-12-14-29(15-13-28)23(17-8-10-27-11-9-17)22-21-20(26(31)32-2)16-33-25(21)19-7-5-4-6-18(19)24(22)30/h4-11,16,23,30H,3,12-15H2,1-2H3. The molecule has 0 aliphatic carbocycles. The van der Waals surface area contributed by atoms with Crippen LogP contribution in [0.4, 0.5) is 0 Å². The number of aromatic hydroxyl groups is 1. The summed E-state index contributed by atoms with van der Waals surface area (Å²) in [6.07, 6.45) is 4.96. The van der Waals surface area contributed by atoms with E-state index in [2.05, 4.69) is 21.7 Å². The minimum Gasteiger partial charge on any atom is -0.507 e. The number of aromatic nitrogens is 1. The number of phenols is 1. The van der Waals surface area contributed by atoms with Crippen molar-refractivity contribution in [3.05, 3.63) is 71.7 Å². The molecule has 4 aromatic rings. The molecule has 7 heteroatoms. The number of fused-ring (bicyclic) bond motifs is 3. The van der Waals surface area contributed by atoms with Crippen molar-refractivity contribution in [3.63, 3.8) is 0 Å². The van der Waals surface area contributed by atoms with E-state index in [4.69, 9.17) is 9.15 Å². The number of pyridine rings is 1. The van der Waals surface area contributed by atoms with Crippen molar-refractivity contribution in [1.29, 1.82) is 0 Å². The fraction of sp³-hybridized carbons (Fsp3) is 0.308. The molecule has 1 unspecified atom stereocenters. The Bertz CT molecular complexity index is 1290. The number of carbonyl (C=O) groups excluding carboxylic acids is 1. The molecule has 0 radical (unpaired) electrons. The third-order valence-corrected chi connectivity index (χ3v) is 6.66. The summed E-state index contributed by atoms with van der Waals surface area (Å²) < 4.78 is 11.0. The van der Waals surface area contributed by atoms with Crippen molar-refractivity contribution in [2.45, 2.75) is 13.0 Å². The molecule has 0 bridgehead atoms. The van der Waals surface area contributed by atoms with Crippen molar-refractivity contribution >= 4 is 27.7 Å². The summed E-state index contributed by atoms with van der Waals surface area (Å²) in [5, 5.41) is 13.7. The largest absolute Gasteiger partial charge is 0.507 e. The number of carbonyl (C=O) groups is 1. The number of nitrogens with zero attached hydrogens (tertiary/aromatic N) is 3. The lowest BCUT2D eigenvalue weighted by atomic mass is 9.89. The van der Waals surface area contributed by atoms with Gasteiger partial charge >= 0.3 is 5.97 Å². The molecule has 0 amide bonds. The molecule has 1 N–H and O–H groups in total. The van der Waals surface area contributed by atoms with E-state index in [-0.39, 0.29) is 11.8 Å². The zero-order valence-corrected chi connectivity index (χ0v) is 18.8. The number of esters is 1. The first-order valence-electron chi connectivity index (χ1n) is 11.2. The quantitative estimate of drug-likeness (QED) is 0.461. The third kappa shape index (κ3) is 3.63. The Morgan fingerprint density at radius 2 is 1.82 bits per heavy atom. The van der Waals surface area contributed by atoms with Crippen molar-refractivity contribution in [2.24, 2.45) is 0 Å². The Labute approximate surface area is 192 Å². The summed E-state index contributed by atoms with van der Waals surface area (Å²) in [6.45, 7) is 6.71. The van der Waals surface area contributed by atoms with Crippen LogP contribution in [0.1, 0.15) is 34.5 Å². The van der Waals surface area contributed by atoms with Crippen LogP contribution in [-0.4, -0.2) is 65.7 Å². The number of likely N-dealkylation sites (N-methyl/N-ethyl adjacent to an activating group) is 1. The topological polar surface area (TPSA) is 79.0 Å². The van der Waals surface area contributed by atoms with Crippen LogP contribution < -0.4 is 0 Å². The summed E-state index contributed by atoms with van der Waals surface area (Å²) in [4.78, 5) is 21.7. The molecular weight excluding hydrogens is 418 g/mol. The van der Waals surface area contributed by atoms with Gasteiger partial charge < -0.3 is 19.2 Å². The SMILES string of the molecule is CCN1CCN(C(c2ccncc2)c2c(O)c3ccccc3c3occ(C(=O)OC)c23)CC1. The minimum atomic E-state index is -0.492. The lowest BCUT2D eigenvalue weighted by Crippen LogP contribution is -2.47. The number of hydrogen-bond acceptors (Lipinski definition) is 7. The predicted octanol–water partition coefficient (Wildman–Crippen LogP) is 4.20. The van der Waals surface area contributed by atoms with Crippen molar-refractivity contribution < 1.29 is 19.1 Å². The number of furan rings is 1. The second-order valence-electron chi connectivity index (χ2n) is 8.31. The number of ether oxygens (including phenoxy) is 1. The maximum atomic E-state index is 12.7. The summed E-state index contributed by atoms with van der Waals surface area (Å²) in [5.41, 5.74) is 2.55. The highest BCUT2D eigenvalue weighted by Crippen LogP contribution is 2.46. The van der Waals surface area contributed by atoms with Gasteiger partial charge in [-0.3, -0.25) is 9.88 Å². The molecule has 5 rings (SSSR count). The van der Waals surface area contributed by atoms with Gasteiger partial charge in [-0.1, -0.05) is 31.2 Å². The average Bonchev–Trinajstić information content (AvgIpc) is 3.32. The van der Waals surface area contributed by atoms with Gasteiger partial charge in [0.25, 0.3) is 0 Å². The van der Waals surface area contributed by atoms with Crippen LogP contribution >= 0.6 is 0 Å². The maximum absolute atomic E-state index is 12.7. The zero-order valence-electron chi connectivity index (χ0n) is 18.8. The first kappa shape index (κ1) is 21.4. The lowest BCUT2D eigenvalue weighted by Gasteiger charge is -2.39. The Morgan fingerprint density at radius 3 is 2.48 bits per heavy atom. The average molecular weight is 446 g/mol. The number of methoxy groups -OCH3 is 1. The first-order chi connectivity index (χ1) is 16.1. The minimum absolute atomic E-state index is 0.157. The van der Waals surface area contributed by atoms with E-state index < -0.39 is 5.97 Å². The Hall–Kier alpha value is -3.42. The van der Waals surface area contributed by atoms with E-state index in [0.29, 0.717) is 27.5 Å². The van der Waals surface area contributed by atoms with Crippen LogP contribution in [0.15, 0.2) is 59.5 Å². The summed E-state index contributed by atoms with van der Waals surface area (Å²) in [5.74, 6) is -0.335. The Kier molecular flexibility index (Phi) is 5.74. The second-order valence-corrected chi connectivity index (χ2v) is 8.31. The van der Waals surface area contributed by atoms with E-state index in [1.54, 1.807) is 12.4 Å². The number of hydrogen-bond donors (Lipinski definition) is 1. The Morgan fingerprint density at radius 1 is 1.12 bits per heavy atom.